The zero-order valence-electron chi connectivity index (χ0n) is 9.86. The highest BCUT2D eigenvalue weighted by Crippen LogP contribution is 2.24. The zero-order valence-corrected chi connectivity index (χ0v) is 10.7. The summed E-state index contributed by atoms with van der Waals surface area (Å²) >= 11 is 0. The zero-order chi connectivity index (χ0) is 13.0. The Bertz CT molecular complexity index is 594. The largest absolute Gasteiger partial charge is 0.228 e. The number of rotatable bonds is 4. The molecule has 1 atom stereocenters. The van der Waals surface area contributed by atoms with Crippen LogP contribution in [0.3, 0.4) is 0 Å². The Morgan fingerprint density at radius 3 is 1.89 bits per heavy atom. The topological polar surface area (TPSA) is 60.2 Å². The van der Waals surface area contributed by atoms with Gasteiger partial charge in [0.1, 0.15) is 5.25 Å². The molecular formula is C14H15NO2S. The van der Waals surface area contributed by atoms with Crippen molar-refractivity contribution in [2.24, 2.45) is 5.14 Å². The lowest BCUT2D eigenvalue weighted by Crippen LogP contribution is -2.23. The smallest absolute Gasteiger partial charge is 0.216 e. The molecule has 0 spiro atoms. The predicted molar refractivity (Wildman–Crippen MR) is 72.4 cm³/mol. The van der Waals surface area contributed by atoms with Gasteiger partial charge in [0.05, 0.1) is 0 Å². The maximum absolute atomic E-state index is 11.7. The average Bonchev–Trinajstić information content (AvgIpc) is 2.37. The van der Waals surface area contributed by atoms with Crippen LogP contribution in [-0.2, 0) is 16.4 Å². The van der Waals surface area contributed by atoms with Gasteiger partial charge in [0.25, 0.3) is 0 Å². The summed E-state index contributed by atoms with van der Waals surface area (Å²) in [7, 11) is -3.62. The van der Waals surface area contributed by atoms with E-state index in [9.17, 15) is 8.42 Å². The Balaban J connectivity index is 2.34. The molecule has 0 saturated carbocycles. The van der Waals surface area contributed by atoms with E-state index < -0.39 is 15.3 Å². The molecule has 0 saturated heterocycles. The maximum Gasteiger partial charge on any atom is 0.216 e. The van der Waals surface area contributed by atoms with Crippen LogP contribution < -0.4 is 5.14 Å². The summed E-state index contributed by atoms with van der Waals surface area (Å²) in [6.07, 6.45) is 0.393. The summed E-state index contributed by atoms with van der Waals surface area (Å²) in [5.74, 6) is 0. The molecule has 94 valence electrons. The molecule has 0 fully saturated rings. The molecule has 0 aliphatic rings. The third kappa shape index (κ3) is 3.18. The average molecular weight is 261 g/mol. The normalized spacial score (nSPS) is 13.2. The van der Waals surface area contributed by atoms with Crippen LogP contribution in [0.2, 0.25) is 0 Å². The monoisotopic (exact) mass is 261 g/mol. The van der Waals surface area contributed by atoms with Gasteiger partial charge in [-0.05, 0) is 17.5 Å². The highest BCUT2D eigenvalue weighted by Gasteiger charge is 2.23. The van der Waals surface area contributed by atoms with Gasteiger partial charge in [0.2, 0.25) is 10.0 Å². The van der Waals surface area contributed by atoms with Crippen LogP contribution in [0.5, 0.6) is 0 Å². The molecule has 0 bridgehead atoms. The van der Waals surface area contributed by atoms with Crippen molar-refractivity contribution in [3.8, 4) is 0 Å². The molecule has 18 heavy (non-hydrogen) atoms. The van der Waals surface area contributed by atoms with E-state index in [4.69, 9.17) is 5.14 Å². The van der Waals surface area contributed by atoms with Gasteiger partial charge in [-0.1, -0.05) is 60.7 Å². The lowest BCUT2D eigenvalue weighted by atomic mass is 10.0. The van der Waals surface area contributed by atoms with Crippen LogP contribution in [0.15, 0.2) is 60.7 Å². The minimum Gasteiger partial charge on any atom is -0.228 e. The van der Waals surface area contributed by atoms with Crippen molar-refractivity contribution in [2.45, 2.75) is 11.7 Å². The molecule has 2 rings (SSSR count). The summed E-state index contributed by atoms with van der Waals surface area (Å²) in [4.78, 5) is 0. The number of hydrogen-bond donors (Lipinski definition) is 1. The minimum absolute atomic E-state index is 0.393. The van der Waals surface area contributed by atoms with Crippen LogP contribution in [0.4, 0.5) is 0 Å². The summed E-state index contributed by atoms with van der Waals surface area (Å²) < 4.78 is 23.4. The van der Waals surface area contributed by atoms with Gasteiger partial charge in [-0.2, -0.15) is 0 Å². The van der Waals surface area contributed by atoms with E-state index in [2.05, 4.69) is 0 Å². The molecule has 3 nitrogen and oxygen atoms in total. The van der Waals surface area contributed by atoms with Crippen LogP contribution in [0, 0.1) is 0 Å². The van der Waals surface area contributed by atoms with Crippen molar-refractivity contribution in [2.75, 3.05) is 0 Å². The number of hydrogen-bond acceptors (Lipinski definition) is 2. The first-order chi connectivity index (χ1) is 8.57. The quantitative estimate of drug-likeness (QED) is 0.917. The molecule has 2 N–H and O–H groups in total. The second-order valence-electron chi connectivity index (χ2n) is 4.18. The van der Waals surface area contributed by atoms with E-state index in [0.29, 0.717) is 6.42 Å². The number of primary sulfonamides is 1. The molecule has 0 aliphatic carbocycles. The molecule has 0 radical (unpaired) electrons. The van der Waals surface area contributed by atoms with E-state index in [0.717, 1.165) is 11.1 Å². The van der Waals surface area contributed by atoms with Gasteiger partial charge >= 0.3 is 0 Å². The van der Waals surface area contributed by atoms with Gasteiger partial charge in [-0.3, -0.25) is 0 Å². The lowest BCUT2D eigenvalue weighted by Gasteiger charge is -2.15. The summed E-state index contributed by atoms with van der Waals surface area (Å²) in [5.41, 5.74) is 1.68. The first kappa shape index (κ1) is 12.8. The van der Waals surface area contributed by atoms with Crippen molar-refractivity contribution in [3.05, 3.63) is 71.8 Å². The Hall–Kier alpha value is -1.65. The van der Waals surface area contributed by atoms with Crippen LogP contribution in [0.25, 0.3) is 0 Å². The molecule has 0 unspecified atom stereocenters. The van der Waals surface area contributed by atoms with E-state index >= 15 is 0 Å². The molecule has 2 aromatic rings. The fourth-order valence-corrected chi connectivity index (χ4v) is 2.88. The summed E-state index contributed by atoms with van der Waals surface area (Å²) in [6, 6.07) is 18.6. The summed E-state index contributed by atoms with van der Waals surface area (Å²) in [6.45, 7) is 0. The van der Waals surface area contributed by atoms with Crippen molar-refractivity contribution in [1.82, 2.24) is 0 Å². The first-order valence-electron chi connectivity index (χ1n) is 5.68. The fraction of sp³-hybridized carbons (Fsp3) is 0.143. The van der Waals surface area contributed by atoms with Gasteiger partial charge in [0, 0.05) is 0 Å². The van der Waals surface area contributed by atoms with Crippen molar-refractivity contribution < 1.29 is 8.42 Å². The van der Waals surface area contributed by atoms with Crippen molar-refractivity contribution in [3.63, 3.8) is 0 Å². The third-order valence-corrected chi connectivity index (χ3v) is 4.06. The standard InChI is InChI=1S/C14H15NO2S/c15-18(16,17)14(13-9-5-2-6-10-13)11-12-7-3-1-4-8-12/h1-10,14H,11H2,(H2,15,16,17)/t14-/m0/s1. The lowest BCUT2D eigenvalue weighted by molar-refractivity contribution is 0.582. The van der Waals surface area contributed by atoms with Crippen LogP contribution in [0.1, 0.15) is 16.4 Å². The third-order valence-electron chi connectivity index (χ3n) is 2.83. The number of nitrogens with two attached hydrogens (primary N) is 1. The van der Waals surface area contributed by atoms with Crippen LogP contribution in [-0.4, -0.2) is 8.42 Å². The highest BCUT2D eigenvalue weighted by atomic mass is 32.2. The van der Waals surface area contributed by atoms with Gasteiger partial charge in [-0.15, -0.1) is 0 Å². The molecule has 2 aromatic carbocycles. The maximum atomic E-state index is 11.7. The van der Waals surface area contributed by atoms with E-state index in [-0.39, 0.29) is 0 Å². The second kappa shape index (κ2) is 5.33. The number of benzene rings is 2. The molecular weight excluding hydrogens is 246 g/mol. The Morgan fingerprint density at radius 2 is 1.39 bits per heavy atom. The van der Waals surface area contributed by atoms with Crippen molar-refractivity contribution >= 4 is 10.0 Å². The van der Waals surface area contributed by atoms with Gasteiger partial charge < -0.3 is 0 Å². The fourth-order valence-electron chi connectivity index (χ4n) is 1.92. The molecule has 0 heterocycles. The Labute approximate surface area is 107 Å². The van der Waals surface area contributed by atoms with Crippen molar-refractivity contribution in [1.29, 1.82) is 0 Å². The second-order valence-corrected chi connectivity index (χ2v) is 5.93. The van der Waals surface area contributed by atoms with Crippen LogP contribution >= 0.6 is 0 Å². The summed E-state index contributed by atoms with van der Waals surface area (Å²) in [5, 5.41) is 4.64. The molecule has 4 heteroatoms. The molecule has 0 aromatic heterocycles. The van der Waals surface area contributed by atoms with E-state index in [1.165, 1.54) is 0 Å². The number of sulfonamides is 1. The minimum atomic E-state index is -3.62. The first-order valence-corrected chi connectivity index (χ1v) is 7.29. The van der Waals surface area contributed by atoms with E-state index in [1.807, 2.05) is 48.5 Å². The molecule has 0 aliphatic heterocycles. The highest BCUT2D eigenvalue weighted by molar-refractivity contribution is 7.89. The van der Waals surface area contributed by atoms with E-state index in [1.54, 1.807) is 12.1 Å². The Kier molecular flexibility index (Phi) is 3.79. The van der Waals surface area contributed by atoms with Gasteiger partial charge in [0.15, 0.2) is 0 Å². The predicted octanol–water partition coefficient (Wildman–Crippen LogP) is 2.26. The van der Waals surface area contributed by atoms with Gasteiger partial charge in [-0.25, -0.2) is 13.6 Å². The molecule has 0 amide bonds. The SMILES string of the molecule is NS(=O)(=O)[C@@H](Cc1ccccc1)c1ccccc1. The Morgan fingerprint density at radius 1 is 0.889 bits per heavy atom.